The van der Waals surface area contributed by atoms with Crippen LogP contribution in [0.5, 0.6) is 5.75 Å². The number of ether oxygens (including phenoxy) is 1. The average Bonchev–Trinajstić information content (AvgIpc) is 3.17. The summed E-state index contributed by atoms with van der Waals surface area (Å²) in [6, 6.07) is 16.3. The molecule has 3 aromatic rings. The molecule has 0 N–H and O–H groups in total. The Bertz CT molecular complexity index is 965. The Morgan fingerprint density at radius 1 is 1.21 bits per heavy atom. The van der Waals surface area contributed by atoms with Gasteiger partial charge in [-0.3, -0.25) is 4.79 Å². The van der Waals surface area contributed by atoms with E-state index in [1.54, 1.807) is 11.3 Å². The van der Waals surface area contributed by atoms with Crippen molar-refractivity contribution in [3.05, 3.63) is 70.7 Å². The van der Waals surface area contributed by atoms with Crippen LogP contribution in [0.15, 0.2) is 53.9 Å². The molecule has 1 aliphatic rings. The minimum atomic E-state index is 0.00123. The van der Waals surface area contributed by atoms with Crippen LogP contribution in [0.3, 0.4) is 0 Å². The molecule has 5 heteroatoms. The van der Waals surface area contributed by atoms with E-state index >= 15 is 0 Å². The van der Waals surface area contributed by atoms with E-state index in [1.807, 2.05) is 48.5 Å². The van der Waals surface area contributed by atoms with Gasteiger partial charge in [-0.15, -0.1) is 11.3 Å². The summed E-state index contributed by atoms with van der Waals surface area (Å²) in [7, 11) is 1.88. The normalized spacial score (nSPS) is 15.7. The van der Waals surface area contributed by atoms with E-state index in [9.17, 15) is 4.79 Å². The van der Waals surface area contributed by atoms with Crippen molar-refractivity contribution in [2.75, 3.05) is 13.7 Å². The lowest BCUT2D eigenvalue weighted by Gasteiger charge is -2.33. The van der Waals surface area contributed by atoms with Crippen LogP contribution >= 0.6 is 11.3 Å². The van der Waals surface area contributed by atoms with Crippen molar-refractivity contribution < 1.29 is 9.53 Å². The number of carbonyl (C=O) groups is 1. The lowest BCUT2D eigenvalue weighted by atomic mass is 9.87. The van der Waals surface area contributed by atoms with E-state index < -0.39 is 0 Å². The number of carbonyl (C=O) groups excluding carboxylic acids is 1. The standard InChI is InChI=1S/C23H24N2O2S/c1-16-15-28-23(24-16)18-10-12-19(13-11-18)27-14-22(26)25(2)21-9-5-7-17-6-3-4-8-20(17)21/h3-4,6,8,10-13,15,21H,5,7,9,14H2,1-2H3/t21-/m0/s1. The molecule has 1 aliphatic carbocycles. The van der Waals surface area contributed by atoms with E-state index in [1.165, 1.54) is 11.1 Å². The first-order valence-corrected chi connectivity index (χ1v) is 10.5. The SMILES string of the molecule is Cc1csc(-c2ccc(OCC(=O)N(C)[C@H]3CCCc4ccccc43)cc2)n1. The van der Waals surface area contributed by atoms with Crippen LogP contribution in [-0.4, -0.2) is 29.4 Å². The van der Waals surface area contributed by atoms with Crippen molar-refractivity contribution in [2.24, 2.45) is 0 Å². The van der Waals surface area contributed by atoms with Gasteiger partial charge in [0, 0.05) is 23.7 Å². The summed E-state index contributed by atoms with van der Waals surface area (Å²) in [5.41, 5.74) is 4.71. The molecular weight excluding hydrogens is 368 g/mol. The van der Waals surface area contributed by atoms with Gasteiger partial charge in [0.15, 0.2) is 6.61 Å². The van der Waals surface area contributed by atoms with Gasteiger partial charge in [-0.25, -0.2) is 4.98 Å². The van der Waals surface area contributed by atoms with E-state index in [0.717, 1.165) is 35.5 Å². The van der Waals surface area contributed by atoms with Gasteiger partial charge in [-0.2, -0.15) is 0 Å². The number of hydrogen-bond acceptors (Lipinski definition) is 4. The second-order valence-electron chi connectivity index (χ2n) is 7.22. The molecule has 0 bridgehead atoms. The largest absolute Gasteiger partial charge is 0.484 e. The van der Waals surface area contributed by atoms with E-state index in [0.29, 0.717) is 5.75 Å². The molecule has 28 heavy (non-hydrogen) atoms. The highest BCUT2D eigenvalue weighted by Gasteiger charge is 2.26. The maximum atomic E-state index is 12.7. The van der Waals surface area contributed by atoms with Crippen LogP contribution in [-0.2, 0) is 11.2 Å². The van der Waals surface area contributed by atoms with Gasteiger partial charge in [0.05, 0.1) is 6.04 Å². The van der Waals surface area contributed by atoms with Crippen LogP contribution < -0.4 is 4.74 Å². The van der Waals surface area contributed by atoms with Crippen molar-refractivity contribution in [3.8, 4) is 16.3 Å². The second-order valence-corrected chi connectivity index (χ2v) is 8.08. The van der Waals surface area contributed by atoms with E-state index in [4.69, 9.17) is 4.74 Å². The number of thiazole rings is 1. The van der Waals surface area contributed by atoms with Gasteiger partial charge in [-0.05, 0) is 61.6 Å². The predicted octanol–water partition coefficient (Wildman–Crippen LogP) is 5.03. The highest BCUT2D eigenvalue weighted by atomic mass is 32.1. The van der Waals surface area contributed by atoms with E-state index in [-0.39, 0.29) is 18.6 Å². The fraction of sp³-hybridized carbons (Fsp3) is 0.304. The minimum absolute atomic E-state index is 0.00123. The number of amides is 1. The molecule has 0 aliphatic heterocycles. The highest BCUT2D eigenvalue weighted by molar-refractivity contribution is 7.13. The molecule has 1 heterocycles. The molecule has 0 fully saturated rings. The number of likely N-dealkylation sites (N-methyl/N-ethyl adjacent to an activating group) is 1. The van der Waals surface area contributed by atoms with Gasteiger partial charge in [0.25, 0.3) is 5.91 Å². The van der Waals surface area contributed by atoms with Gasteiger partial charge >= 0.3 is 0 Å². The topological polar surface area (TPSA) is 42.4 Å². The zero-order chi connectivity index (χ0) is 19.5. The average molecular weight is 393 g/mol. The first-order valence-electron chi connectivity index (χ1n) is 9.60. The summed E-state index contributed by atoms with van der Waals surface area (Å²) in [6.45, 7) is 2.04. The van der Waals surface area contributed by atoms with Crippen LogP contribution in [0.1, 0.15) is 35.7 Å². The first-order chi connectivity index (χ1) is 13.6. The fourth-order valence-electron chi connectivity index (χ4n) is 3.73. The van der Waals surface area contributed by atoms with Crippen LogP contribution in [0.4, 0.5) is 0 Å². The van der Waals surface area contributed by atoms with Crippen LogP contribution in [0.25, 0.3) is 10.6 Å². The zero-order valence-electron chi connectivity index (χ0n) is 16.2. The molecule has 0 saturated carbocycles. The van der Waals surface area contributed by atoms with Gasteiger partial charge in [0.1, 0.15) is 10.8 Å². The summed E-state index contributed by atoms with van der Waals surface area (Å²) in [5, 5.41) is 3.04. The quantitative estimate of drug-likeness (QED) is 0.611. The van der Waals surface area contributed by atoms with Crippen molar-refractivity contribution >= 4 is 17.2 Å². The fourth-order valence-corrected chi connectivity index (χ4v) is 4.54. The Balaban J connectivity index is 1.38. The molecule has 2 aromatic carbocycles. The summed E-state index contributed by atoms with van der Waals surface area (Å²) in [6.07, 6.45) is 3.20. The summed E-state index contributed by atoms with van der Waals surface area (Å²) >= 11 is 1.63. The molecule has 144 valence electrons. The molecule has 1 amide bonds. The number of rotatable bonds is 5. The third kappa shape index (κ3) is 3.94. The monoisotopic (exact) mass is 392 g/mol. The van der Waals surface area contributed by atoms with Gasteiger partial charge in [-0.1, -0.05) is 24.3 Å². The molecule has 4 nitrogen and oxygen atoms in total. The Morgan fingerprint density at radius 2 is 2.00 bits per heavy atom. The van der Waals surface area contributed by atoms with Gasteiger partial charge < -0.3 is 9.64 Å². The Labute approximate surface area is 169 Å². The number of nitrogens with zero attached hydrogens (tertiary/aromatic N) is 2. The Morgan fingerprint density at radius 3 is 2.75 bits per heavy atom. The molecule has 1 atom stereocenters. The zero-order valence-corrected chi connectivity index (χ0v) is 17.0. The second kappa shape index (κ2) is 8.15. The van der Waals surface area contributed by atoms with Crippen LogP contribution in [0.2, 0.25) is 0 Å². The first kappa shape index (κ1) is 18.7. The smallest absolute Gasteiger partial charge is 0.260 e. The Kier molecular flexibility index (Phi) is 5.44. The van der Waals surface area contributed by atoms with Crippen molar-refractivity contribution in [3.63, 3.8) is 0 Å². The summed E-state index contributed by atoms with van der Waals surface area (Å²) in [5.74, 6) is 0.698. The van der Waals surface area contributed by atoms with Crippen molar-refractivity contribution in [2.45, 2.75) is 32.2 Å². The molecule has 0 spiro atoms. The number of fused-ring (bicyclic) bond motifs is 1. The lowest BCUT2D eigenvalue weighted by molar-refractivity contribution is -0.134. The molecular formula is C23H24N2O2S. The van der Waals surface area contributed by atoms with Crippen molar-refractivity contribution in [1.29, 1.82) is 0 Å². The molecule has 0 radical (unpaired) electrons. The third-order valence-corrected chi connectivity index (χ3v) is 6.29. The van der Waals surface area contributed by atoms with Crippen LogP contribution in [0, 0.1) is 6.92 Å². The summed E-state index contributed by atoms with van der Waals surface area (Å²) in [4.78, 5) is 19.0. The molecule has 0 unspecified atom stereocenters. The molecule has 0 saturated heterocycles. The molecule has 1 aromatic heterocycles. The summed E-state index contributed by atoms with van der Waals surface area (Å²) < 4.78 is 5.76. The predicted molar refractivity (Wildman–Crippen MR) is 113 cm³/mol. The lowest BCUT2D eigenvalue weighted by Crippen LogP contribution is -2.36. The van der Waals surface area contributed by atoms with E-state index in [2.05, 4.69) is 29.2 Å². The maximum Gasteiger partial charge on any atom is 0.260 e. The number of hydrogen-bond donors (Lipinski definition) is 0. The number of aromatic nitrogens is 1. The maximum absolute atomic E-state index is 12.7. The number of benzene rings is 2. The molecule has 4 rings (SSSR count). The van der Waals surface area contributed by atoms with Crippen molar-refractivity contribution in [1.82, 2.24) is 9.88 Å². The van der Waals surface area contributed by atoms with Gasteiger partial charge in [0.2, 0.25) is 0 Å². The number of aryl methyl sites for hydroxylation is 2. The Hall–Kier alpha value is -2.66. The highest BCUT2D eigenvalue weighted by Crippen LogP contribution is 2.33. The third-order valence-electron chi connectivity index (χ3n) is 5.28. The minimum Gasteiger partial charge on any atom is -0.484 e.